The van der Waals surface area contributed by atoms with Crippen molar-refractivity contribution in [1.29, 1.82) is 0 Å². The Bertz CT molecular complexity index is 157. The van der Waals surface area contributed by atoms with Gasteiger partial charge in [0.25, 0.3) is 0 Å². The highest BCUT2D eigenvalue weighted by atomic mass is 16.7. The lowest BCUT2D eigenvalue weighted by molar-refractivity contribution is -0.278. The fraction of sp³-hybridized carbons (Fsp3) is 1.00. The van der Waals surface area contributed by atoms with Gasteiger partial charge in [-0.15, -0.1) is 0 Å². The first-order chi connectivity index (χ1) is 6.79. The van der Waals surface area contributed by atoms with Gasteiger partial charge in [-0.1, -0.05) is 19.8 Å². The van der Waals surface area contributed by atoms with Gasteiger partial charge in [0.05, 0.1) is 0 Å². The van der Waals surface area contributed by atoms with Crippen LogP contribution in [0.15, 0.2) is 0 Å². The second-order valence-electron chi connectivity index (χ2n) is 3.92. The van der Waals surface area contributed by atoms with Crippen LogP contribution in [0.5, 0.6) is 0 Å². The summed E-state index contributed by atoms with van der Waals surface area (Å²) < 4.78 is 11.0. The number of nitrogens with zero attached hydrogens (tertiary/aromatic N) is 1. The van der Waals surface area contributed by atoms with E-state index < -0.39 is 5.91 Å². The Kier molecular flexibility index (Phi) is 4.85. The summed E-state index contributed by atoms with van der Waals surface area (Å²) in [6.07, 6.45) is 5.96. The van der Waals surface area contributed by atoms with Crippen LogP contribution in [0, 0.1) is 0 Å². The van der Waals surface area contributed by atoms with Gasteiger partial charge >= 0.3 is 0 Å². The normalized spacial score (nSPS) is 21.6. The molecule has 84 valence electrons. The molecule has 3 heteroatoms. The summed E-state index contributed by atoms with van der Waals surface area (Å²) in [6.45, 7) is 4.42. The lowest BCUT2D eigenvalue weighted by atomic mass is 10.2. The molecule has 0 aromatic carbocycles. The number of hydrogen-bond donors (Lipinski definition) is 0. The maximum atomic E-state index is 5.49. The van der Waals surface area contributed by atoms with Gasteiger partial charge in [-0.2, -0.15) is 0 Å². The smallest absolute Gasteiger partial charge is 0.229 e. The number of likely N-dealkylation sites (tertiary alicyclic amines) is 1. The molecule has 1 aliphatic rings. The van der Waals surface area contributed by atoms with E-state index >= 15 is 0 Å². The van der Waals surface area contributed by atoms with Gasteiger partial charge in [-0.05, 0) is 12.8 Å². The second-order valence-corrected chi connectivity index (χ2v) is 3.92. The average molecular weight is 201 g/mol. The van der Waals surface area contributed by atoms with Gasteiger partial charge in [-0.25, -0.2) is 0 Å². The third-order valence-corrected chi connectivity index (χ3v) is 3.07. The third-order valence-electron chi connectivity index (χ3n) is 3.07. The topological polar surface area (TPSA) is 21.7 Å². The highest BCUT2D eigenvalue weighted by molar-refractivity contribution is 4.79. The lowest BCUT2D eigenvalue weighted by Crippen LogP contribution is -2.47. The zero-order valence-electron chi connectivity index (χ0n) is 9.71. The predicted octanol–water partition coefficient (Wildman–Crippen LogP) is 2.22. The van der Waals surface area contributed by atoms with Crippen molar-refractivity contribution in [1.82, 2.24) is 4.90 Å². The molecule has 0 saturated carbocycles. The Balaban J connectivity index is 2.41. The van der Waals surface area contributed by atoms with E-state index in [2.05, 4.69) is 11.8 Å². The summed E-state index contributed by atoms with van der Waals surface area (Å²) in [5.41, 5.74) is 0. The standard InChI is InChI=1S/C11H23NO2/c1-4-5-6-9-12-10-7-8-11(12,13-2)14-3/h4-10H2,1-3H3. The molecule has 0 spiro atoms. The number of unbranched alkanes of at least 4 members (excludes halogenated alkanes) is 2. The molecule has 0 aromatic heterocycles. The van der Waals surface area contributed by atoms with Gasteiger partial charge in [0.2, 0.25) is 5.91 Å². The third kappa shape index (κ3) is 2.47. The summed E-state index contributed by atoms with van der Waals surface area (Å²) in [5, 5.41) is 0. The van der Waals surface area contributed by atoms with Crippen LogP contribution >= 0.6 is 0 Å². The molecule has 0 aromatic rings. The largest absolute Gasteiger partial charge is 0.341 e. The highest BCUT2D eigenvalue weighted by Crippen LogP contribution is 2.30. The van der Waals surface area contributed by atoms with Crippen LogP contribution in [0.25, 0.3) is 0 Å². The van der Waals surface area contributed by atoms with Gasteiger partial charge in [0.1, 0.15) is 0 Å². The van der Waals surface area contributed by atoms with Crippen molar-refractivity contribution >= 4 is 0 Å². The minimum atomic E-state index is -0.423. The molecule has 0 N–H and O–H groups in total. The van der Waals surface area contributed by atoms with Crippen molar-refractivity contribution in [3.63, 3.8) is 0 Å². The summed E-state index contributed by atoms with van der Waals surface area (Å²) in [5.74, 6) is -0.423. The number of rotatable bonds is 6. The van der Waals surface area contributed by atoms with Crippen molar-refractivity contribution in [2.45, 2.75) is 44.9 Å². The molecule has 1 fully saturated rings. The molecule has 0 aliphatic carbocycles. The molecule has 0 bridgehead atoms. The zero-order valence-corrected chi connectivity index (χ0v) is 9.71. The first-order valence-corrected chi connectivity index (χ1v) is 5.64. The Hall–Kier alpha value is -0.120. The van der Waals surface area contributed by atoms with E-state index in [1.807, 2.05) is 0 Å². The summed E-state index contributed by atoms with van der Waals surface area (Å²) >= 11 is 0. The summed E-state index contributed by atoms with van der Waals surface area (Å²) in [4.78, 5) is 2.32. The fourth-order valence-electron chi connectivity index (χ4n) is 2.20. The van der Waals surface area contributed by atoms with Crippen molar-refractivity contribution in [2.75, 3.05) is 27.3 Å². The van der Waals surface area contributed by atoms with Crippen molar-refractivity contribution in [3.8, 4) is 0 Å². The van der Waals surface area contributed by atoms with E-state index in [0.29, 0.717) is 0 Å². The van der Waals surface area contributed by atoms with E-state index in [1.54, 1.807) is 14.2 Å². The molecular weight excluding hydrogens is 178 g/mol. The molecule has 0 amide bonds. The molecule has 1 heterocycles. The van der Waals surface area contributed by atoms with Crippen LogP contribution in [0.2, 0.25) is 0 Å². The molecule has 1 rings (SSSR count). The minimum Gasteiger partial charge on any atom is -0.341 e. The monoisotopic (exact) mass is 201 g/mol. The minimum absolute atomic E-state index is 0.423. The first kappa shape index (κ1) is 12.0. The maximum absolute atomic E-state index is 5.49. The predicted molar refractivity (Wildman–Crippen MR) is 57.1 cm³/mol. The molecule has 1 saturated heterocycles. The number of ether oxygens (including phenoxy) is 2. The van der Waals surface area contributed by atoms with Gasteiger partial charge < -0.3 is 9.47 Å². The van der Waals surface area contributed by atoms with Gasteiger partial charge in [0, 0.05) is 33.7 Å². The SMILES string of the molecule is CCCCCN1CCCC1(OC)OC. The van der Waals surface area contributed by atoms with Crippen LogP contribution in [0.3, 0.4) is 0 Å². The van der Waals surface area contributed by atoms with Crippen LogP contribution < -0.4 is 0 Å². The molecule has 0 radical (unpaired) electrons. The van der Waals surface area contributed by atoms with Crippen LogP contribution in [0.4, 0.5) is 0 Å². The second kappa shape index (κ2) is 5.69. The Morgan fingerprint density at radius 3 is 2.50 bits per heavy atom. The van der Waals surface area contributed by atoms with Gasteiger partial charge in [-0.3, -0.25) is 4.90 Å². The summed E-state index contributed by atoms with van der Waals surface area (Å²) in [7, 11) is 3.48. The van der Waals surface area contributed by atoms with Gasteiger partial charge in [0.15, 0.2) is 0 Å². The molecule has 0 atom stereocenters. The van der Waals surface area contributed by atoms with E-state index in [9.17, 15) is 0 Å². The fourth-order valence-corrected chi connectivity index (χ4v) is 2.20. The number of methoxy groups -OCH3 is 2. The first-order valence-electron chi connectivity index (χ1n) is 5.64. The van der Waals surface area contributed by atoms with E-state index in [0.717, 1.165) is 19.5 Å². The van der Waals surface area contributed by atoms with E-state index in [4.69, 9.17) is 9.47 Å². The molecule has 3 nitrogen and oxygen atoms in total. The summed E-state index contributed by atoms with van der Waals surface area (Å²) in [6, 6.07) is 0. The van der Waals surface area contributed by atoms with E-state index in [1.165, 1.54) is 25.7 Å². The van der Waals surface area contributed by atoms with Crippen LogP contribution in [-0.4, -0.2) is 38.1 Å². The zero-order chi connectivity index (χ0) is 10.4. The molecule has 0 unspecified atom stereocenters. The van der Waals surface area contributed by atoms with Crippen molar-refractivity contribution in [3.05, 3.63) is 0 Å². The molecular formula is C11H23NO2. The van der Waals surface area contributed by atoms with Crippen molar-refractivity contribution in [2.24, 2.45) is 0 Å². The Morgan fingerprint density at radius 1 is 1.21 bits per heavy atom. The Morgan fingerprint density at radius 2 is 1.93 bits per heavy atom. The molecule has 1 aliphatic heterocycles. The lowest BCUT2D eigenvalue weighted by Gasteiger charge is -2.35. The van der Waals surface area contributed by atoms with Crippen LogP contribution in [-0.2, 0) is 9.47 Å². The molecule has 14 heavy (non-hydrogen) atoms. The van der Waals surface area contributed by atoms with E-state index in [-0.39, 0.29) is 0 Å². The van der Waals surface area contributed by atoms with Crippen molar-refractivity contribution < 1.29 is 9.47 Å². The Labute approximate surface area is 87.4 Å². The average Bonchev–Trinajstić information content (AvgIpc) is 2.62. The maximum Gasteiger partial charge on any atom is 0.229 e. The quantitative estimate of drug-likeness (QED) is 0.486. The van der Waals surface area contributed by atoms with Crippen LogP contribution in [0.1, 0.15) is 39.0 Å². The number of hydrogen-bond acceptors (Lipinski definition) is 3. The highest BCUT2D eigenvalue weighted by Gasteiger charge is 2.40.